The van der Waals surface area contributed by atoms with Crippen LogP contribution in [-0.2, 0) is 16.1 Å². The van der Waals surface area contributed by atoms with Gasteiger partial charge >= 0.3 is 5.97 Å². The highest BCUT2D eigenvalue weighted by Gasteiger charge is 2.24. The van der Waals surface area contributed by atoms with Gasteiger partial charge in [0.15, 0.2) is 17.2 Å². The lowest BCUT2D eigenvalue weighted by Gasteiger charge is -2.13. The normalized spacial score (nSPS) is 14.3. The van der Waals surface area contributed by atoms with Crippen molar-refractivity contribution in [1.29, 1.82) is 0 Å². The van der Waals surface area contributed by atoms with Crippen molar-refractivity contribution >= 4 is 63.1 Å². The number of hydrogen-bond donors (Lipinski definition) is 0. The Morgan fingerprint density at radius 2 is 1.75 bits per heavy atom. The standard InChI is InChI=1S/C25H19I2NO4/c1-2-30-23-14-16(6-11-22(23)31-15-17-4-3-5-20(27)12-17)13-21-25(29)32-24(28-21)18-7-9-19(26)10-8-18/h3-14H,2,15H2,1H3/b21-13-. The number of nitrogens with zero attached hydrogens (tertiary/aromatic N) is 1. The monoisotopic (exact) mass is 651 g/mol. The molecule has 0 amide bonds. The zero-order valence-corrected chi connectivity index (χ0v) is 21.5. The van der Waals surface area contributed by atoms with Gasteiger partial charge in [0.2, 0.25) is 5.90 Å². The summed E-state index contributed by atoms with van der Waals surface area (Å²) in [6, 6.07) is 21.3. The minimum Gasteiger partial charge on any atom is -0.490 e. The number of ether oxygens (including phenoxy) is 3. The minimum atomic E-state index is -0.476. The summed E-state index contributed by atoms with van der Waals surface area (Å²) in [7, 11) is 0. The van der Waals surface area contributed by atoms with Crippen LogP contribution in [0.2, 0.25) is 0 Å². The van der Waals surface area contributed by atoms with E-state index < -0.39 is 5.97 Å². The fraction of sp³-hybridized carbons (Fsp3) is 0.120. The van der Waals surface area contributed by atoms with Crippen molar-refractivity contribution in [2.75, 3.05) is 6.61 Å². The second kappa shape index (κ2) is 10.5. The summed E-state index contributed by atoms with van der Waals surface area (Å²) in [5, 5.41) is 0. The Morgan fingerprint density at radius 3 is 2.50 bits per heavy atom. The van der Waals surface area contributed by atoms with Crippen molar-refractivity contribution in [1.82, 2.24) is 0 Å². The molecule has 0 saturated heterocycles. The van der Waals surface area contributed by atoms with Crippen molar-refractivity contribution in [2.24, 2.45) is 4.99 Å². The van der Waals surface area contributed by atoms with Crippen LogP contribution >= 0.6 is 45.2 Å². The Hall–Kier alpha value is -2.40. The molecule has 1 heterocycles. The van der Waals surface area contributed by atoms with Gasteiger partial charge in [-0.1, -0.05) is 18.2 Å². The van der Waals surface area contributed by atoms with Crippen molar-refractivity contribution in [2.45, 2.75) is 13.5 Å². The SMILES string of the molecule is CCOc1cc(/C=C2\N=C(c3ccc(I)cc3)OC2=O)ccc1OCc1cccc(I)c1. The molecule has 3 aromatic carbocycles. The lowest BCUT2D eigenvalue weighted by molar-refractivity contribution is -0.129. The van der Waals surface area contributed by atoms with Crippen LogP contribution in [0.25, 0.3) is 6.08 Å². The van der Waals surface area contributed by atoms with E-state index in [0.717, 1.165) is 23.8 Å². The second-order valence-electron chi connectivity index (χ2n) is 6.90. The van der Waals surface area contributed by atoms with Gasteiger partial charge in [-0.15, -0.1) is 0 Å². The number of carbonyl (C=O) groups is 1. The average Bonchev–Trinajstić information content (AvgIpc) is 3.14. The van der Waals surface area contributed by atoms with E-state index in [2.05, 4.69) is 56.2 Å². The molecular formula is C25H19I2NO4. The van der Waals surface area contributed by atoms with E-state index >= 15 is 0 Å². The Morgan fingerprint density at radius 1 is 0.938 bits per heavy atom. The highest BCUT2D eigenvalue weighted by molar-refractivity contribution is 14.1. The summed E-state index contributed by atoms with van der Waals surface area (Å²) in [4.78, 5) is 16.7. The molecule has 162 valence electrons. The van der Waals surface area contributed by atoms with Crippen molar-refractivity contribution < 1.29 is 19.0 Å². The van der Waals surface area contributed by atoms with Gasteiger partial charge < -0.3 is 14.2 Å². The van der Waals surface area contributed by atoms with Crippen molar-refractivity contribution in [3.05, 3.63) is 96.3 Å². The maximum absolute atomic E-state index is 12.3. The quantitative estimate of drug-likeness (QED) is 0.173. The molecule has 0 aliphatic carbocycles. The first-order valence-corrected chi connectivity index (χ1v) is 12.1. The first kappa shape index (κ1) is 22.8. The van der Waals surface area contributed by atoms with Crippen LogP contribution in [0, 0.1) is 7.14 Å². The molecule has 0 aromatic heterocycles. The first-order valence-electron chi connectivity index (χ1n) is 9.94. The third kappa shape index (κ3) is 5.69. The van der Waals surface area contributed by atoms with Crippen molar-refractivity contribution in [3.63, 3.8) is 0 Å². The molecule has 0 radical (unpaired) electrons. The number of aliphatic imine (C=N–C) groups is 1. The van der Waals surface area contributed by atoms with Crippen LogP contribution in [-0.4, -0.2) is 18.5 Å². The molecular weight excluding hydrogens is 632 g/mol. The lowest BCUT2D eigenvalue weighted by atomic mass is 10.1. The van der Waals surface area contributed by atoms with Gasteiger partial charge in [-0.3, -0.25) is 0 Å². The summed E-state index contributed by atoms with van der Waals surface area (Å²) >= 11 is 4.50. The van der Waals surface area contributed by atoms with Gasteiger partial charge in [-0.25, -0.2) is 9.79 Å². The summed E-state index contributed by atoms with van der Waals surface area (Å²) in [6.07, 6.45) is 1.69. The smallest absolute Gasteiger partial charge is 0.363 e. The molecule has 0 bridgehead atoms. The molecule has 0 saturated carbocycles. The first-order chi connectivity index (χ1) is 15.5. The Kier molecular flexibility index (Phi) is 7.46. The number of rotatable bonds is 7. The van der Waals surface area contributed by atoms with E-state index in [0.29, 0.717) is 30.6 Å². The fourth-order valence-electron chi connectivity index (χ4n) is 3.07. The van der Waals surface area contributed by atoms with Crippen LogP contribution < -0.4 is 9.47 Å². The van der Waals surface area contributed by atoms with Crippen LogP contribution in [0.5, 0.6) is 11.5 Å². The molecule has 1 aliphatic rings. The minimum absolute atomic E-state index is 0.244. The molecule has 0 atom stereocenters. The maximum atomic E-state index is 12.3. The number of halogens is 2. The molecule has 4 rings (SSSR count). The van der Waals surface area contributed by atoms with Gasteiger partial charge in [-0.2, -0.15) is 0 Å². The zero-order valence-electron chi connectivity index (χ0n) is 17.2. The van der Waals surface area contributed by atoms with E-state index in [9.17, 15) is 4.79 Å². The predicted octanol–water partition coefficient (Wildman–Crippen LogP) is 6.22. The second-order valence-corrected chi connectivity index (χ2v) is 9.39. The molecule has 0 fully saturated rings. The number of cyclic esters (lactones) is 1. The molecule has 0 spiro atoms. The van der Waals surface area contributed by atoms with E-state index in [1.807, 2.05) is 67.6 Å². The highest BCUT2D eigenvalue weighted by atomic mass is 127. The summed E-state index contributed by atoms with van der Waals surface area (Å²) in [6.45, 7) is 2.85. The Balaban J connectivity index is 1.55. The number of esters is 1. The number of benzene rings is 3. The molecule has 5 nitrogen and oxygen atoms in total. The third-order valence-electron chi connectivity index (χ3n) is 4.57. The molecule has 0 N–H and O–H groups in total. The molecule has 32 heavy (non-hydrogen) atoms. The maximum Gasteiger partial charge on any atom is 0.363 e. The lowest BCUT2D eigenvalue weighted by Crippen LogP contribution is -2.05. The van der Waals surface area contributed by atoms with Crippen LogP contribution in [0.1, 0.15) is 23.6 Å². The zero-order chi connectivity index (χ0) is 22.5. The van der Waals surface area contributed by atoms with Crippen LogP contribution in [0.3, 0.4) is 0 Å². The van der Waals surface area contributed by atoms with Gasteiger partial charge in [-0.05, 0) is 118 Å². The molecule has 1 aliphatic heterocycles. The van der Waals surface area contributed by atoms with Gasteiger partial charge in [0.05, 0.1) is 6.61 Å². The van der Waals surface area contributed by atoms with E-state index in [1.165, 1.54) is 0 Å². The summed E-state index contributed by atoms with van der Waals surface area (Å²) in [5.74, 6) is 1.08. The van der Waals surface area contributed by atoms with E-state index in [4.69, 9.17) is 14.2 Å². The number of hydrogen-bond acceptors (Lipinski definition) is 5. The van der Waals surface area contributed by atoms with Gasteiger partial charge in [0, 0.05) is 12.7 Å². The van der Waals surface area contributed by atoms with Crippen molar-refractivity contribution in [3.8, 4) is 11.5 Å². The Labute approximate surface area is 213 Å². The van der Waals surface area contributed by atoms with E-state index in [-0.39, 0.29) is 5.70 Å². The van der Waals surface area contributed by atoms with Gasteiger partial charge in [0.25, 0.3) is 0 Å². The van der Waals surface area contributed by atoms with Crippen LogP contribution in [0.4, 0.5) is 0 Å². The summed E-state index contributed by atoms with van der Waals surface area (Å²) < 4.78 is 19.4. The fourth-order valence-corrected chi connectivity index (χ4v) is 4.04. The van der Waals surface area contributed by atoms with E-state index in [1.54, 1.807) is 6.08 Å². The van der Waals surface area contributed by atoms with Gasteiger partial charge in [0.1, 0.15) is 6.61 Å². The molecule has 7 heteroatoms. The summed E-state index contributed by atoms with van der Waals surface area (Å²) in [5.41, 5.74) is 2.86. The number of carbonyl (C=O) groups excluding carboxylic acids is 1. The predicted molar refractivity (Wildman–Crippen MR) is 141 cm³/mol. The molecule has 3 aromatic rings. The largest absolute Gasteiger partial charge is 0.490 e. The Bertz CT molecular complexity index is 1200. The molecule has 0 unspecified atom stereocenters. The average molecular weight is 651 g/mol. The van der Waals surface area contributed by atoms with Crippen LogP contribution in [0.15, 0.2) is 77.4 Å². The third-order valence-corrected chi connectivity index (χ3v) is 5.96. The topological polar surface area (TPSA) is 57.1 Å². The highest BCUT2D eigenvalue weighted by Crippen LogP contribution is 2.31.